The number of hydrogen-bond acceptors (Lipinski definition) is 6. The first kappa shape index (κ1) is 13.7. The minimum atomic E-state index is 0.504. The summed E-state index contributed by atoms with van der Waals surface area (Å²) in [6.45, 7) is 0. The average molecular weight is 249 g/mol. The molecule has 0 spiro atoms. The number of hydrogen-bond donors (Lipinski definition) is 3. The minimum Gasteiger partial charge on any atom is -0.411 e. The fourth-order valence-corrected chi connectivity index (χ4v) is 1.63. The van der Waals surface area contributed by atoms with Gasteiger partial charge in [0, 0.05) is 37.9 Å². The van der Waals surface area contributed by atoms with Gasteiger partial charge >= 0.3 is 0 Å². The van der Waals surface area contributed by atoms with E-state index < -0.39 is 0 Å². The second-order valence-corrected chi connectivity index (χ2v) is 3.66. The Bertz CT molecular complexity index is 377. The highest BCUT2D eigenvalue weighted by Crippen LogP contribution is 2.11. The van der Waals surface area contributed by atoms with Crippen LogP contribution in [0.2, 0.25) is 0 Å². The molecule has 1 rings (SSSR count). The molecule has 1 aromatic carbocycles. The zero-order valence-corrected chi connectivity index (χ0v) is 9.77. The van der Waals surface area contributed by atoms with Gasteiger partial charge in [-0.25, -0.2) is 0 Å². The Morgan fingerprint density at radius 1 is 0.667 bits per heavy atom. The summed E-state index contributed by atoms with van der Waals surface area (Å²) in [6.07, 6.45) is 5.69. The van der Waals surface area contributed by atoms with Crippen molar-refractivity contribution in [3.63, 3.8) is 0 Å². The van der Waals surface area contributed by atoms with Crippen molar-refractivity contribution in [2.24, 2.45) is 15.5 Å². The van der Waals surface area contributed by atoms with Gasteiger partial charge in [0.05, 0.1) is 0 Å². The SMILES string of the molecule is ON=CCc1cc(CC=NO)cc(CC=NO)c1. The molecule has 6 heteroatoms. The van der Waals surface area contributed by atoms with Gasteiger partial charge in [-0.2, -0.15) is 0 Å². The van der Waals surface area contributed by atoms with Gasteiger partial charge in [-0.15, -0.1) is 15.5 Å². The molecule has 0 bridgehead atoms. The highest BCUT2D eigenvalue weighted by Gasteiger charge is 2.00. The van der Waals surface area contributed by atoms with Gasteiger partial charge in [-0.3, -0.25) is 0 Å². The van der Waals surface area contributed by atoms with E-state index in [4.69, 9.17) is 15.6 Å². The highest BCUT2D eigenvalue weighted by molar-refractivity contribution is 5.65. The molecule has 0 aliphatic rings. The summed E-state index contributed by atoms with van der Waals surface area (Å²) in [5.74, 6) is 0. The first-order valence-electron chi connectivity index (χ1n) is 5.39. The lowest BCUT2D eigenvalue weighted by molar-refractivity contribution is 0.320. The van der Waals surface area contributed by atoms with Crippen LogP contribution < -0.4 is 0 Å². The molecule has 0 saturated heterocycles. The van der Waals surface area contributed by atoms with Crippen molar-refractivity contribution in [3.05, 3.63) is 34.9 Å². The summed E-state index contributed by atoms with van der Waals surface area (Å²) in [5.41, 5.74) is 2.91. The Hall–Kier alpha value is -2.37. The Morgan fingerprint density at radius 3 is 1.17 bits per heavy atom. The van der Waals surface area contributed by atoms with Crippen LogP contribution in [0, 0.1) is 0 Å². The predicted octanol–water partition coefficient (Wildman–Crippen LogP) is 1.69. The van der Waals surface area contributed by atoms with E-state index in [0.29, 0.717) is 19.3 Å². The number of benzene rings is 1. The largest absolute Gasteiger partial charge is 0.411 e. The van der Waals surface area contributed by atoms with Crippen molar-refractivity contribution in [2.45, 2.75) is 19.3 Å². The van der Waals surface area contributed by atoms with E-state index in [1.165, 1.54) is 18.6 Å². The number of rotatable bonds is 6. The maximum absolute atomic E-state index is 8.41. The van der Waals surface area contributed by atoms with Crippen LogP contribution in [0.1, 0.15) is 16.7 Å². The van der Waals surface area contributed by atoms with Crippen LogP contribution in [0.5, 0.6) is 0 Å². The molecule has 0 amide bonds. The second-order valence-electron chi connectivity index (χ2n) is 3.66. The van der Waals surface area contributed by atoms with Crippen LogP contribution in [0.15, 0.2) is 33.7 Å². The zero-order valence-electron chi connectivity index (χ0n) is 9.77. The molecule has 3 N–H and O–H groups in total. The number of nitrogens with zero attached hydrogens (tertiary/aromatic N) is 3. The van der Waals surface area contributed by atoms with Crippen LogP contribution in [-0.2, 0) is 19.3 Å². The van der Waals surface area contributed by atoms with E-state index in [0.717, 1.165) is 16.7 Å². The van der Waals surface area contributed by atoms with Crippen molar-refractivity contribution in [1.82, 2.24) is 0 Å². The molecular weight excluding hydrogens is 234 g/mol. The van der Waals surface area contributed by atoms with E-state index in [2.05, 4.69) is 15.5 Å². The minimum absolute atomic E-state index is 0.504. The first-order valence-corrected chi connectivity index (χ1v) is 5.39. The second kappa shape index (κ2) is 7.83. The molecule has 0 fully saturated rings. The van der Waals surface area contributed by atoms with Gasteiger partial charge < -0.3 is 15.6 Å². The third-order valence-electron chi connectivity index (χ3n) is 2.34. The van der Waals surface area contributed by atoms with E-state index in [-0.39, 0.29) is 0 Å². The molecule has 0 aliphatic heterocycles. The van der Waals surface area contributed by atoms with E-state index in [9.17, 15) is 0 Å². The van der Waals surface area contributed by atoms with E-state index in [1.807, 2.05) is 18.2 Å². The van der Waals surface area contributed by atoms with E-state index in [1.54, 1.807) is 0 Å². The monoisotopic (exact) mass is 249 g/mol. The molecule has 0 unspecified atom stereocenters. The Morgan fingerprint density at radius 2 is 0.944 bits per heavy atom. The molecule has 0 radical (unpaired) electrons. The quantitative estimate of drug-likeness (QED) is 0.406. The topological polar surface area (TPSA) is 97.8 Å². The Balaban J connectivity index is 2.94. The van der Waals surface area contributed by atoms with Crippen molar-refractivity contribution in [3.8, 4) is 0 Å². The molecule has 1 aromatic rings. The van der Waals surface area contributed by atoms with Crippen LogP contribution in [0.4, 0.5) is 0 Å². The number of oxime groups is 3. The molecule has 18 heavy (non-hydrogen) atoms. The summed E-state index contributed by atoms with van der Waals surface area (Å²) in [5, 5.41) is 34.1. The van der Waals surface area contributed by atoms with Crippen LogP contribution in [0.3, 0.4) is 0 Å². The van der Waals surface area contributed by atoms with Crippen LogP contribution >= 0.6 is 0 Å². The fraction of sp³-hybridized carbons (Fsp3) is 0.250. The van der Waals surface area contributed by atoms with Crippen molar-refractivity contribution in [2.75, 3.05) is 0 Å². The van der Waals surface area contributed by atoms with Crippen LogP contribution in [-0.4, -0.2) is 34.3 Å². The van der Waals surface area contributed by atoms with Crippen molar-refractivity contribution < 1.29 is 15.6 Å². The lowest BCUT2D eigenvalue weighted by Gasteiger charge is -2.05. The van der Waals surface area contributed by atoms with Gasteiger partial charge in [0.2, 0.25) is 0 Å². The predicted molar refractivity (Wildman–Crippen MR) is 68.4 cm³/mol. The summed E-state index contributed by atoms with van der Waals surface area (Å²) in [7, 11) is 0. The van der Waals surface area contributed by atoms with E-state index >= 15 is 0 Å². The zero-order chi connectivity index (χ0) is 13.2. The van der Waals surface area contributed by atoms with Crippen molar-refractivity contribution in [1.29, 1.82) is 0 Å². The molecule has 0 heterocycles. The van der Waals surface area contributed by atoms with Gasteiger partial charge in [0.25, 0.3) is 0 Å². The third kappa shape index (κ3) is 4.65. The fourth-order valence-electron chi connectivity index (χ4n) is 1.63. The lowest BCUT2D eigenvalue weighted by Crippen LogP contribution is -1.96. The summed E-state index contributed by atoms with van der Waals surface area (Å²) >= 11 is 0. The molecule has 0 atom stereocenters. The maximum atomic E-state index is 8.41. The Kier molecular flexibility index (Phi) is 5.96. The maximum Gasteiger partial charge on any atom is 0.0479 e. The first-order chi connectivity index (χ1) is 8.80. The molecule has 0 saturated carbocycles. The normalized spacial score (nSPS) is 12.0. The van der Waals surface area contributed by atoms with Crippen LogP contribution in [0.25, 0.3) is 0 Å². The summed E-state index contributed by atoms with van der Waals surface area (Å²) < 4.78 is 0. The van der Waals surface area contributed by atoms with Gasteiger partial charge in [0.15, 0.2) is 0 Å². The van der Waals surface area contributed by atoms with Gasteiger partial charge in [0.1, 0.15) is 0 Å². The van der Waals surface area contributed by atoms with Gasteiger partial charge in [-0.1, -0.05) is 18.2 Å². The van der Waals surface area contributed by atoms with Gasteiger partial charge in [-0.05, 0) is 16.7 Å². The lowest BCUT2D eigenvalue weighted by atomic mass is 10.0. The molecular formula is C12H15N3O3. The standard InChI is InChI=1S/C12H15N3O3/c16-13-4-1-10-7-11(2-5-14-17)9-12(8-10)3-6-15-18/h4-9,16-18H,1-3H2. The molecule has 96 valence electrons. The molecule has 0 aliphatic carbocycles. The average Bonchev–Trinajstić information content (AvgIpc) is 2.40. The molecule has 0 aromatic heterocycles. The Labute approximate surface area is 105 Å². The molecule has 6 nitrogen and oxygen atoms in total. The van der Waals surface area contributed by atoms with Crippen molar-refractivity contribution >= 4 is 18.6 Å². The highest BCUT2D eigenvalue weighted by atomic mass is 16.4. The third-order valence-corrected chi connectivity index (χ3v) is 2.34. The smallest absolute Gasteiger partial charge is 0.0479 e. The summed E-state index contributed by atoms with van der Waals surface area (Å²) in [6, 6.07) is 5.80. The summed E-state index contributed by atoms with van der Waals surface area (Å²) in [4.78, 5) is 0.